The van der Waals surface area contributed by atoms with Gasteiger partial charge in [-0.3, -0.25) is 14.4 Å². The Labute approximate surface area is 238 Å². The first-order valence-electron chi connectivity index (χ1n) is 13.8. The molecule has 1 N–H and O–H groups in total. The van der Waals surface area contributed by atoms with E-state index in [2.05, 4.69) is 10.2 Å². The van der Waals surface area contributed by atoms with Crippen molar-refractivity contribution in [2.24, 2.45) is 0 Å². The lowest BCUT2D eigenvalue weighted by Gasteiger charge is -2.43. The Hall–Kier alpha value is -4.79. The fourth-order valence-electron chi connectivity index (χ4n) is 5.74. The molecule has 3 aromatic carbocycles. The molecule has 9 heteroatoms. The molecule has 6 rings (SSSR count). The van der Waals surface area contributed by atoms with E-state index in [1.54, 1.807) is 15.9 Å². The lowest BCUT2D eigenvalue weighted by atomic mass is 9.85. The van der Waals surface area contributed by atoms with E-state index in [4.69, 9.17) is 9.47 Å². The number of nitrogens with one attached hydrogen (secondary N) is 1. The smallest absolute Gasteiger partial charge is 0.250 e. The molecule has 3 aliphatic heterocycles. The Morgan fingerprint density at radius 2 is 1.61 bits per heavy atom. The summed E-state index contributed by atoms with van der Waals surface area (Å²) in [5, 5.41) is 2.92. The number of amides is 3. The van der Waals surface area contributed by atoms with Gasteiger partial charge in [-0.15, -0.1) is 0 Å². The zero-order valence-corrected chi connectivity index (χ0v) is 22.7. The number of nitrogens with zero attached hydrogens (tertiary/aromatic N) is 3. The summed E-state index contributed by atoms with van der Waals surface area (Å²) < 4.78 is 10.8. The van der Waals surface area contributed by atoms with Crippen LogP contribution in [0.1, 0.15) is 24.0 Å². The third-order valence-corrected chi connectivity index (χ3v) is 7.96. The van der Waals surface area contributed by atoms with Gasteiger partial charge in [-0.2, -0.15) is 0 Å². The second-order valence-corrected chi connectivity index (χ2v) is 10.5. The lowest BCUT2D eigenvalue weighted by molar-refractivity contribution is -0.138. The molecule has 2 fully saturated rings. The number of hydrogen-bond acceptors (Lipinski definition) is 6. The van der Waals surface area contributed by atoms with Crippen LogP contribution in [0.3, 0.4) is 0 Å². The summed E-state index contributed by atoms with van der Waals surface area (Å²) in [5.41, 5.74) is 1.96. The molecule has 41 heavy (non-hydrogen) atoms. The lowest BCUT2D eigenvalue weighted by Crippen LogP contribution is -2.57. The third-order valence-electron chi connectivity index (χ3n) is 7.96. The number of carbonyl (C=O) groups excluding carboxylic acids is 3. The van der Waals surface area contributed by atoms with Gasteiger partial charge in [0.05, 0.1) is 6.67 Å². The number of para-hydroxylation sites is 1. The van der Waals surface area contributed by atoms with Crippen LogP contribution < -0.4 is 19.7 Å². The van der Waals surface area contributed by atoms with E-state index in [0.717, 1.165) is 16.8 Å². The van der Waals surface area contributed by atoms with Crippen LogP contribution in [-0.4, -0.2) is 66.2 Å². The van der Waals surface area contributed by atoms with Crippen LogP contribution in [0.25, 0.3) is 6.08 Å². The minimum atomic E-state index is -0.807. The van der Waals surface area contributed by atoms with E-state index >= 15 is 0 Å². The molecule has 0 aliphatic carbocycles. The number of rotatable bonds is 7. The van der Waals surface area contributed by atoms with Gasteiger partial charge < -0.3 is 29.5 Å². The maximum absolute atomic E-state index is 13.9. The molecule has 2 saturated heterocycles. The summed E-state index contributed by atoms with van der Waals surface area (Å²) in [6.45, 7) is 1.68. The van der Waals surface area contributed by atoms with E-state index in [9.17, 15) is 14.4 Å². The molecule has 0 unspecified atom stereocenters. The monoisotopic (exact) mass is 552 g/mol. The fourth-order valence-corrected chi connectivity index (χ4v) is 5.74. The highest BCUT2D eigenvalue weighted by Gasteiger charge is 2.54. The first kappa shape index (κ1) is 26.4. The predicted molar refractivity (Wildman–Crippen MR) is 154 cm³/mol. The van der Waals surface area contributed by atoms with E-state index in [-0.39, 0.29) is 31.1 Å². The van der Waals surface area contributed by atoms with Crippen LogP contribution in [-0.2, 0) is 20.9 Å². The topological polar surface area (TPSA) is 91.4 Å². The highest BCUT2D eigenvalue weighted by molar-refractivity contribution is 5.97. The van der Waals surface area contributed by atoms with Crippen molar-refractivity contribution in [2.45, 2.75) is 24.9 Å². The highest BCUT2D eigenvalue weighted by Crippen LogP contribution is 2.39. The Kier molecular flexibility index (Phi) is 7.33. The Balaban J connectivity index is 1.12. The average Bonchev–Trinajstić information content (AvgIpc) is 3.59. The third kappa shape index (κ3) is 5.48. The number of likely N-dealkylation sites (tertiary alicyclic amines) is 1. The summed E-state index contributed by atoms with van der Waals surface area (Å²) in [7, 11) is 0. The average molecular weight is 553 g/mol. The summed E-state index contributed by atoms with van der Waals surface area (Å²) in [4.78, 5) is 45.3. The second kappa shape index (κ2) is 11.4. The zero-order valence-electron chi connectivity index (χ0n) is 22.7. The minimum Gasteiger partial charge on any atom is -0.454 e. The first-order valence-corrected chi connectivity index (χ1v) is 13.8. The van der Waals surface area contributed by atoms with Crippen LogP contribution in [0, 0.1) is 0 Å². The number of ether oxygens (including phenoxy) is 2. The van der Waals surface area contributed by atoms with Crippen LogP contribution in [0.5, 0.6) is 11.5 Å². The molecule has 3 aliphatic rings. The van der Waals surface area contributed by atoms with Crippen LogP contribution in [0.15, 0.2) is 84.9 Å². The Bertz CT molecular complexity index is 1450. The number of carbonyl (C=O) groups is 3. The molecular formula is C32H32N4O5. The van der Waals surface area contributed by atoms with Crippen molar-refractivity contribution in [2.75, 3.05) is 38.0 Å². The fraction of sp³-hybridized carbons (Fsp3) is 0.281. The molecule has 210 valence electrons. The maximum Gasteiger partial charge on any atom is 0.250 e. The molecule has 0 radical (unpaired) electrons. The van der Waals surface area contributed by atoms with E-state index in [1.807, 2.05) is 84.9 Å². The minimum absolute atomic E-state index is 0.0447. The molecule has 9 nitrogen and oxygen atoms in total. The van der Waals surface area contributed by atoms with Crippen molar-refractivity contribution in [3.8, 4) is 11.5 Å². The van der Waals surface area contributed by atoms with Gasteiger partial charge in [-0.1, -0.05) is 54.6 Å². The highest BCUT2D eigenvalue weighted by atomic mass is 16.7. The van der Waals surface area contributed by atoms with Gasteiger partial charge in [-0.25, -0.2) is 0 Å². The summed E-state index contributed by atoms with van der Waals surface area (Å²) in [5.74, 6) is 0.965. The molecule has 3 amide bonds. The van der Waals surface area contributed by atoms with Crippen molar-refractivity contribution in [3.63, 3.8) is 0 Å². The molecular weight excluding hydrogens is 520 g/mol. The quantitative estimate of drug-likeness (QED) is 0.452. The van der Waals surface area contributed by atoms with Gasteiger partial charge in [0.15, 0.2) is 11.5 Å². The van der Waals surface area contributed by atoms with Gasteiger partial charge in [0.2, 0.25) is 18.6 Å². The largest absolute Gasteiger partial charge is 0.454 e. The number of hydrogen-bond donors (Lipinski definition) is 1. The van der Waals surface area contributed by atoms with Gasteiger partial charge in [0.25, 0.3) is 5.91 Å². The second-order valence-electron chi connectivity index (χ2n) is 10.5. The number of piperidine rings is 1. The van der Waals surface area contributed by atoms with Gasteiger partial charge in [0, 0.05) is 31.4 Å². The van der Waals surface area contributed by atoms with Crippen LogP contribution in [0.2, 0.25) is 0 Å². The van der Waals surface area contributed by atoms with E-state index in [0.29, 0.717) is 50.6 Å². The van der Waals surface area contributed by atoms with Crippen LogP contribution in [0.4, 0.5) is 5.69 Å². The van der Waals surface area contributed by atoms with Crippen LogP contribution >= 0.6 is 0 Å². The molecule has 3 aromatic rings. The van der Waals surface area contributed by atoms with Gasteiger partial charge >= 0.3 is 0 Å². The summed E-state index contributed by atoms with van der Waals surface area (Å²) >= 11 is 0. The van der Waals surface area contributed by atoms with Crippen molar-refractivity contribution in [1.29, 1.82) is 0 Å². The molecule has 3 heterocycles. The van der Waals surface area contributed by atoms with E-state index < -0.39 is 5.54 Å². The first-order chi connectivity index (χ1) is 20.0. The van der Waals surface area contributed by atoms with Crippen molar-refractivity contribution >= 4 is 29.5 Å². The summed E-state index contributed by atoms with van der Waals surface area (Å²) in [6, 6.07) is 25.0. The van der Waals surface area contributed by atoms with Crippen molar-refractivity contribution in [1.82, 2.24) is 15.1 Å². The SMILES string of the molecule is O=C(CN1CN(c2ccccc2)C2(CCN(C(=O)/C=C/c3ccccc3)CC2)C1=O)NCc1ccc2c(c1)OCO2. The standard InChI is InChI=1S/C32H32N4O5/c37-29(33-20-25-11-13-27-28(19-25)41-23-40-27)21-35-22-36(26-9-5-2-6-10-26)32(31(35)39)15-17-34(18-16-32)30(38)14-12-24-7-3-1-4-8-24/h1-14,19H,15-18,20-23H2,(H,33,37)/b14-12+. The van der Waals surface area contributed by atoms with Gasteiger partial charge in [-0.05, 0) is 54.3 Å². The van der Waals surface area contributed by atoms with E-state index in [1.165, 1.54) is 0 Å². The Morgan fingerprint density at radius 1 is 0.902 bits per heavy atom. The normalized spacial score (nSPS) is 17.5. The molecule has 0 atom stereocenters. The van der Waals surface area contributed by atoms with Gasteiger partial charge in [0.1, 0.15) is 12.1 Å². The molecule has 1 spiro atoms. The number of fused-ring (bicyclic) bond motifs is 1. The van der Waals surface area contributed by atoms with Crippen molar-refractivity contribution in [3.05, 3.63) is 96.1 Å². The maximum atomic E-state index is 13.9. The Morgan fingerprint density at radius 3 is 2.37 bits per heavy atom. The van der Waals surface area contributed by atoms with Crippen molar-refractivity contribution < 1.29 is 23.9 Å². The predicted octanol–water partition coefficient (Wildman–Crippen LogP) is 3.41. The zero-order chi connectivity index (χ0) is 28.2. The number of anilines is 1. The molecule has 0 aromatic heterocycles. The molecule has 0 saturated carbocycles. The number of benzene rings is 3. The summed E-state index contributed by atoms with van der Waals surface area (Å²) in [6.07, 6.45) is 4.38. The molecule has 0 bridgehead atoms.